The van der Waals surface area contributed by atoms with Gasteiger partial charge in [-0.05, 0) is 57.1 Å². The van der Waals surface area contributed by atoms with Crippen LogP contribution in [-0.4, -0.2) is 7.11 Å². The Morgan fingerprint density at radius 2 is 2.09 bits per heavy atom. The Morgan fingerprint density at radius 1 is 1.45 bits per heavy atom. The van der Waals surface area contributed by atoms with Gasteiger partial charge in [-0.2, -0.15) is 0 Å². The van der Waals surface area contributed by atoms with Gasteiger partial charge in [0.2, 0.25) is 0 Å². The largest absolute Gasteiger partial charge is 0.495 e. The van der Waals surface area contributed by atoms with Crippen LogP contribution in [0, 0.1) is 10.5 Å². The van der Waals surface area contributed by atoms with E-state index in [9.17, 15) is 0 Å². The van der Waals surface area contributed by atoms with Crippen molar-refractivity contribution in [1.29, 1.82) is 0 Å². The normalized spacial score (nSPS) is 9.82. The monoisotopic (exact) mass is 326 g/mol. The molecule has 0 saturated carbocycles. The van der Waals surface area contributed by atoms with Crippen LogP contribution in [0.1, 0.15) is 5.56 Å². The third-order valence-corrected chi connectivity index (χ3v) is 3.88. The molecule has 0 atom stereocenters. The number of halogens is 2. The van der Waals surface area contributed by atoms with Gasteiger partial charge in [-0.25, -0.2) is 0 Å². The lowest BCUT2D eigenvalue weighted by atomic mass is 10.2. The molecular weight excluding hydrogens is 319 g/mol. The molecule has 0 aliphatic rings. The molecule has 1 aromatic carbocycles. The predicted molar refractivity (Wildman–Crippen MR) is 58.1 cm³/mol. The number of rotatable bonds is 1. The first kappa shape index (κ1) is 9.32. The van der Waals surface area contributed by atoms with E-state index in [-0.39, 0.29) is 0 Å². The summed E-state index contributed by atoms with van der Waals surface area (Å²) in [4.78, 5) is 0. The lowest BCUT2D eigenvalue weighted by Crippen LogP contribution is -1.89. The zero-order valence-corrected chi connectivity index (χ0v) is 10.1. The van der Waals surface area contributed by atoms with Crippen LogP contribution in [0.2, 0.25) is 0 Å². The molecule has 3 heteroatoms. The van der Waals surface area contributed by atoms with Gasteiger partial charge in [0.15, 0.2) is 0 Å². The highest BCUT2D eigenvalue weighted by atomic mass is 127. The second-order valence-electron chi connectivity index (χ2n) is 2.21. The van der Waals surface area contributed by atoms with Crippen LogP contribution >= 0.6 is 38.5 Å². The summed E-state index contributed by atoms with van der Waals surface area (Å²) in [5.74, 6) is 0.928. The van der Waals surface area contributed by atoms with Gasteiger partial charge >= 0.3 is 0 Å². The molecule has 60 valence electrons. The second-order valence-corrected chi connectivity index (χ2v) is 4.17. The van der Waals surface area contributed by atoms with Crippen LogP contribution < -0.4 is 4.74 Å². The summed E-state index contributed by atoms with van der Waals surface area (Å²) in [5.41, 5.74) is 1.15. The van der Waals surface area contributed by atoms with Crippen LogP contribution in [0.25, 0.3) is 0 Å². The van der Waals surface area contributed by atoms with Gasteiger partial charge in [0.05, 0.1) is 11.6 Å². The number of methoxy groups -OCH3 is 1. The summed E-state index contributed by atoms with van der Waals surface area (Å²) in [6, 6.07) is 4.11. The highest BCUT2D eigenvalue weighted by Crippen LogP contribution is 2.32. The predicted octanol–water partition coefficient (Wildman–Crippen LogP) is 3.37. The SMILES string of the molecule is COc1c(C)ccc(I)c1Br. The van der Waals surface area contributed by atoms with Crippen molar-refractivity contribution >= 4 is 38.5 Å². The number of benzene rings is 1. The standard InChI is InChI=1S/C8H8BrIO/c1-5-3-4-6(10)7(9)8(5)11-2/h3-4H,1-2H3. The minimum Gasteiger partial charge on any atom is -0.495 e. The van der Waals surface area contributed by atoms with Gasteiger partial charge in [0.1, 0.15) is 5.75 Å². The second kappa shape index (κ2) is 3.76. The first-order valence-electron chi connectivity index (χ1n) is 3.15. The summed E-state index contributed by atoms with van der Waals surface area (Å²) < 4.78 is 7.42. The summed E-state index contributed by atoms with van der Waals surface area (Å²) in [5, 5.41) is 0. The number of hydrogen-bond acceptors (Lipinski definition) is 1. The van der Waals surface area contributed by atoms with Crippen LogP contribution in [-0.2, 0) is 0 Å². The number of hydrogen-bond donors (Lipinski definition) is 0. The van der Waals surface area contributed by atoms with Gasteiger partial charge in [0.25, 0.3) is 0 Å². The Bertz CT molecular complexity index is 273. The summed E-state index contributed by atoms with van der Waals surface area (Å²) in [6.45, 7) is 2.03. The van der Waals surface area contributed by atoms with E-state index in [4.69, 9.17) is 4.74 Å². The lowest BCUT2D eigenvalue weighted by Gasteiger charge is -2.07. The highest BCUT2D eigenvalue weighted by molar-refractivity contribution is 14.1. The molecule has 0 radical (unpaired) electrons. The van der Waals surface area contributed by atoms with Crippen molar-refractivity contribution < 1.29 is 4.74 Å². The van der Waals surface area contributed by atoms with E-state index in [2.05, 4.69) is 44.6 Å². The first-order valence-corrected chi connectivity index (χ1v) is 5.02. The molecule has 11 heavy (non-hydrogen) atoms. The third kappa shape index (κ3) is 1.87. The fourth-order valence-electron chi connectivity index (χ4n) is 0.879. The van der Waals surface area contributed by atoms with Gasteiger partial charge in [-0.15, -0.1) is 0 Å². The van der Waals surface area contributed by atoms with Gasteiger partial charge < -0.3 is 4.74 Å². The Hall–Kier alpha value is 0.230. The molecule has 0 spiro atoms. The molecule has 1 aromatic rings. The maximum absolute atomic E-state index is 5.20. The Kier molecular flexibility index (Phi) is 3.18. The topological polar surface area (TPSA) is 9.23 Å². The van der Waals surface area contributed by atoms with Gasteiger partial charge in [-0.3, -0.25) is 0 Å². The molecular formula is C8H8BrIO. The summed E-state index contributed by atoms with van der Waals surface area (Å²) >= 11 is 5.72. The van der Waals surface area contributed by atoms with Crippen molar-refractivity contribution in [1.82, 2.24) is 0 Å². The van der Waals surface area contributed by atoms with E-state index >= 15 is 0 Å². The number of ether oxygens (including phenoxy) is 1. The molecule has 0 N–H and O–H groups in total. The third-order valence-electron chi connectivity index (χ3n) is 1.45. The molecule has 0 bridgehead atoms. The Morgan fingerprint density at radius 3 is 2.55 bits per heavy atom. The van der Waals surface area contributed by atoms with Crippen molar-refractivity contribution in [3.63, 3.8) is 0 Å². The molecule has 0 aliphatic carbocycles. The van der Waals surface area contributed by atoms with Crippen molar-refractivity contribution in [2.24, 2.45) is 0 Å². The van der Waals surface area contributed by atoms with E-state index in [1.807, 2.05) is 13.0 Å². The quantitative estimate of drug-likeness (QED) is 0.719. The van der Waals surface area contributed by atoms with Crippen LogP contribution in [0.15, 0.2) is 16.6 Å². The zero-order chi connectivity index (χ0) is 8.43. The molecule has 1 rings (SSSR count). The summed E-state index contributed by atoms with van der Waals surface area (Å²) in [6.07, 6.45) is 0. The highest BCUT2D eigenvalue weighted by Gasteiger charge is 2.05. The Labute approximate surface area is 88.4 Å². The van der Waals surface area contributed by atoms with E-state index in [1.54, 1.807) is 7.11 Å². The minimum absolute atomic E-state index is 0.928. The minimum atomic E-state index is 0.928. The molecule has 0 saturated heterocycles. The fraction of sp³-hybridized carbons (Fsp3) is 0.250. The molecule has 1 nitrogen and oxygen atoms in total. The van der Waals surface area contributed by atoms with E-state index < -0.39 is 0 Å². The smallest absolute Gasteiger partial charge is 0.137 e. The summed E-state index contributed by atoms with van der Waals surface area (Å²) in [7, 11) is 1.68. The van der Waals surface area contributed by atoms with Crippen molar-refractivity contribution in [3.05, 3.63) is 25.7 Å². The van der Waals surface area contributed by atoms with E-state index in [0.29, 0.717) is 0 Å². The van der Waals surface area contributed by atoms with E-state index in [0.717, 1.165) is 15.8 Å². The molecule has 0 amide bonds. The van der Waals surface area contributed by atoms with Gasteiger partial charge in [-0.1, -0.05) is 6.07 Å². The average molecular weight is 327 g/mol. The molecule has 0 heterocycles. The number of aryl methyl sites for hydroxylation is 1. The molecule has 0 aliphatic heterocycles. The van der Waals surface area contributed by atoms with Crippen LogP contribution in [0.5, 0.6) is 5.75 Å². The lowest BCUT2D eigenvalue weighted by molar-refractivity contribution is 0.408. The van der Waals surface area contributed by atoms with Crippen molar-refractivity contribution in [3.8, 4) is 5.75 Å². The maximum Gasteiger partial charge on any atom is 0.137 e. The molecule has 0 fully saturated rings. The van der Waals surface area contributed by atoms with Crippen molar-refractivity contribution in [2.45, 2.75) is 6.92 Å². The van der Waals surface area contributed by atoms with E-state index in [1.165, 1.54) is 3.57 Å². The van der Waals surface area contributed by atoms with Crippen LogP contribution in [0.4, 0.5) is 0 Å². The molecule has 0 aromatic heterocycles. The van der Waals surface area contributed by atoms with Crippen LogP contribution in [0.3, 0.4) is 0 Å². The van der Waals surface area contributed by atoms with Gasteiger partial charge in [0, 0.05) is 3.57 Å². The Balaban J connectivity index is 3.29. The zero-order valence-electron chi connectivity index (χ0n) is 6.32. The average Bonchev–Trinajstić information content (AvgIpc) is 1.99. The van der Waals surface area contributed by atoms with Crippen molar-refractivity contribution in [2.75, 3.05) is 7.11 Å². The maximum atomic E-state index is 5.20. The fourth-order valence-corrected chi connectivity index (χ4v) is 1.91. The molecule has 0 unspecified atom stereocenters. The first-order chi connectivity index (χ1) is 5.16.